The molecular formula is C14H14Cl2N4O3. The first-order valence-electron chi connectivity index (χ1n) is 7.14. The SMILES string of the molecule is Cc1noc(C2CCCN(c3c(Cl)cc([N+](=O)[O-])cc3Cl)C2)n1. The van der Waals surface area contributed by atoms with Crippen LogP contribution in [0.3, 0.4) is 0 Å². The van der Waals surface area contributed by atoms with Gasteiger partial charge in [0.15, 0.2) is 5.82 Å². The highest BCUT2D eigenvalue weighted by Crippen LogP contribution is 2.40. The van der Waals surface area contributed by atoms with Crippen LogP contribution in [0.25, 0.3) is 0 Å². The van der Waals surface area contributed by atoms with Crippen molar-refractivity contribution in [2.75, 3.05) is 18.0 Å². The molecule has 0 N–H and O–H groups in total. The fraction of sp³-hybridized carbons (Fsp3) is 0.429. The van der Waals surface area contributed by atoms with Gasteiger partial charge in [0.05, 0.1) is 26.6 Å². The van der Waals surface area contributed by atoms with E-state index >= 15 is 0 Å². The Balaban J connectivity index is 1.88. The number of halogens is 2. The Morgan fingerprint density at radius 2 is 2.09 bits per heavy atom. The van der Waals surface area contributed by atoms with Gasteiger partial charge < -0.3 is 9.42 Å². The van der Waals surface area contributed by atoms with E-state index in [2.05, 4.69) is 10.1 Å². The average molecular weight is 357 g/mol. The monoisotopic (exact) mass is 356 g/mol. The molecule has 122 valence electrons. The molecule has 1 aromatic carbocycles. The Morgan fingerprint density at radius 3 is 2.65 bits per heavy atom. The van der Waals surface area contributed by atoms with Crippen LogP contribution < -0.4 is 4.90 Å². The number of non-ortho nitro benzene ring substituents is 1. The van der Waals surface area contributed by atoms with E-state index in [0.717, 1.165) is 19.4 Å². The Hall–Kier alpha value is -1.86. The number of aromatic nitrogens is 2. The molecule has 2 heterocycles. The molecule has 2 aromatic rings. The molecule has 1 unspecified atom stereocenters. The van der Waals surface area contributed by atoms with Crippen LogP contribution in [0.1, 0.15) is 30.5 Å². The first-order chi connectivity index (χ1) is 11.0. The van der Waals surface area contributed by atoms with Crippen LogP contribution in [0, 0.1) is 17.0 Å². The minimum atomic E-state index is -0.512. The van der Waals surface area contributed by atoms with Gasteiger partial charge in [-0.15, -0.1) is 0 Å². The molecule has 23 heavy (non-hydrogen) atoms. The summed E-state index contributed by atoms with van der Waals surface area (Å²) in [5, 5.41) is 15.2. The highest BCUT2D eigenvalue weighted by atomic mass is 35.5. The van der Waals surface area contributed by atoms with Crippen molar-refractivity contribution >= 4 is 34.6 Å². The number of nitro benzene ring substituents is 1. The van der Waals surface area contributed by atoms with E-state index in [1.165, 1.54) is 12.1 Å². The fourth-order valence-electron chi connectivity index (χ4n) is 2.82. The van der Waals surface area contributed by atoms with E-state index in [1.807, 2.05) is 4.90 Å². The van der Waals surface area contributed by atoms with Gasteiger partial charge in [-0.1, -0.05) is 28.4 Å². The number of hydrogen-bond donors (Lipinski definition) is 0. The summed E-state index contributed by atoms with van der Waals surface area (Å²) in [6.45, 7) is 3.16. The molecule has 3 rings (SSSR count). The van der Waals surface area contributed by atoms with Gasteiger partial charge in [-0.3, -0.25) is 10.1 Å². The van der Waals surface area contributed by atoms with Crippen LogP contribution >= 0.6 is 23.2 Å². The Morgan fingerprint density at radius 1 is 1.39 bits per heavy atom. The van der Waals surface area contributed by atoms with Crippen molar-refractivity contribution in [1.29, 1.82) is 0 Å². The molecular weight excluding hydrogens is 343 g/mol. The minimum absolute atomic E-state index is 0.0901. The lowest BCUT2D eigenvalue weighted by Crippen LogP contribution is -2.34. The Labute approximate surface area is 142 Å². The topological polar surface area (TPSA) is 85.3 Å². The molecule has 0 aliphatic carbocycles. The standard InChI is InChI=1S/C14H14Cl2N4O3/c1-8-17-14(23-18-8)9-3-2-4-19(7-9)13-11(15)5-10(20(21)22)6-12(13)16/h5-6,9H,2-4,7H2,1H3. The van der Waals surface area contributed by atoms with E-state index in [0.29, 0.717) is 23.9 Å². The number of aryl methyl sites for hydroxylation is 1. The van der Waals surface area contributed by atoms with Crippen molar-refractivity contribution in [2.45, 2.75) is 25.7 Å². The zero-order chi connectivity index (χ0) is 16.6. The summed E-state index contributed by atoms with van der Waals surface area (Å²) >= 11 is 12.5. The van der Waals surface area contributed by atoms with E-state index in [9.17, 15) is 10.1 Å². The van der Waals surface area contributed by atoms with Gasteiger partial charge in [0.1, 0.15) is 0 Å². The lowest BCUT2D eigenvalue weighted by molar-refractivity contribution is -0.384. The Kier molecular flexibility index (Phi) is 4.41. The molecule has 1 aliphatic rings. The van der Waals surface area contributed by atoms with E-state index in [4.69, 9.17) is 27.7 Å². The van der Waals surface area contributed by atoms with Crippen molar-refractivity contribution in [3.8, 4) is 0 Å². The average Bonchev–Trinajstić information content (AvgIpc) is 2.93. The molecule has 1 atom stereocenters. The smallest absolute Gasteiger partial charge is 0.272 e. The highest BCUT2D eigenvalue weighted by molar-refractivity contribution is 6.39. The maximum absolute atomic E-state index is 10.9. The summed E-state index contributed by atoms with van der Waals surface area (Å²) in [6, 6.07) is 2.65. The van der Waals surface area contributed by atoms with Crippen LogP contribution in [-0.4, -0.2) is 28.2 Å². The van der Waals surface area contributed by atoms with Crippen molar-refractivity contribution in [2.24, 2.45) is 0 Å². The number of rotatable bonds is 3. The quantitative estimate of drug-likeness (QED) is 0.610. The lowest BCUT2D eigenvalue weighted by Gasteiger charge is -2.33. The second-order valence-corrected chi connectivity index (χ2v) is 6.29. The fourth-order valence-corrected chi connectivity index (χ4v) is 3.53. The first-order valence-corrected chi connectivity index (χ1v) is 7.90. The number of piperidine rings is 1. The molecule has 9 heteroatoms. The van der Waals surface area contributed by atoms with Crippen LogP contribution in [0.4, 0.5) is 11.4 Å². The highest BCUT2D eigenvalue weighted by Gasteiger charge is 2.28. The third-order valence-electron chi connectivity index (χ3n) is 3.84. The zero-order valence-electron chi connectivity index (χ0n) is 12.3. The molecule has 0 bridgehead atoms. The van der Waals surface area contributed by atoms with Gasteiger partial charge in [-0.2, -0.15) is 4.98 Å². The summed E-state index contributed by atoms with van der Waals surface area (Å²) in [7, 11) is 0. The maximum Gasteiger partial charge on any atom is 0.272 e. The summed E-state index contributed by atoms with van der Waals surface area (Å²) in [6.07, 6.45) is 1.84. The lowest BCUT2D eigenvalue weighted by atomic mass is 9.97. The first kappa shape index (κ1) is 16.0. The summed E-state index contributed by atoms with van der Waals surface area (Å²) < 4.78 is 5.26. The molecule has 0 spiro atoms. The van der Waals surface area contributed by atoms with Gasteiger partial charge in [0.25, 0.3) is 5.69 Å². The third-order valence-corrected chi connectivity index (χ3v) is 4.42. The van der Waals surface area contributed by atoms with E-state index in [1.54, 1.807) is 6.92 Å². The van der Waals surface area contributed by atoms with Crippen LogP contribution in [0.15, 0.2) is 16.7 Å². The van der Waals surface area contributed by atoms with Gasteiger partial charge in [0, 0.05) is 25.2 Å². The summed E-state index contributed by atoms with van der Waals surface area (Å²) in [4.78, 5) is 16.7. The Bertz CT molecular complexity index is 726. The zero-order valence-corrected chi connectivity index (χ0v) is 13.8. The van der Waals surface area contributed by atoms with Crippen LogP contribution in [-0.2, 0) is 0 Å². The van der Waals surface area contributed by atoms with Crippen LogP contribution in [0.5, 0.6) is 0 Å². The predicted octanol–water partition coefficient (Wildman–Crippen LogP) is 3.98. The van der Waals surface area contributed by atoms with Gasteiger partial charge in [-0.25, -0.2) is 0 Å². The molecule has 1 fully saturated rings. The molecule has 1 aromatic heterocycles. The summed E-state index contributed by atoms with van der Waals surface area (Å²) in [5.74, 6) is 1.29. The molecule has 0 radical (unpaired) electrons. The largest absolute Gasteiger partial charge is 0.368 e. The summed E-state index contributed by atoms with van der Waals surface area (Å²) in [5.41, 5.74) is 0.490. The molecule has 7 nitrogen and oxygen atoms in total. The third kappa shape index (κ3) is 3.25. The van der Waals surface area contributed by atoms with E-state index in [-0.39, 0.29) is 21.7 Å². The molecule has 1 aliphatic heterocycles. The minimum Gasteiger partial charge on any atom is -0.368 e. The molecule has 1 saturated heterocycles. The van der Waals surface area contributed by atoms with Gasteiger partial charge in [0.2, 0.25) is 5.89 Å². The van der Waals surface area contributed by atoms with Crippen molar-refractivity contribution in [3.63, 3.8) is 0 Å². The van der Waals surface area contributed by atoms with Crippen molar-refractivity contribution < 1.29 is 9.45 Å². The number of hydrogen-bond acceptors (Lipinski definition) is 6. The van der Waals surface area contributed by atoms with Gasteiger partial charge >= 0.3 is 0 Å². The van der Waals surface area contributed by atoms with Gasteiger partial charge in [-0.05, 0) is 19.8 Å². The maximum atomic E-state index is 10.9. The normalized spacial score (nSPS) is 18.2. The molecule has 0 saturated carbocycles. The molecule has 0 amide bonds. The van der Waals surface area contributed by atoms with E-state index < -0.39 is 4.92 Å². The van der Waals surface area contributed by atoms with Crippen LogP contribution in [0.2, 0.25) is 10.0 Å². The number of benzene rings is 1. The van der Waals surface area contributed by atoms with Crippen molar-refractivity contribution in [3.05, 3.63) is 44.0 Å². The number of nitrogens with zero attached hydrogens (tertiary/aromatic N) is 4. The predicted molar refractivity (Wildman–Crippen MR) is 86.3 cm³/mol. The second kappa shape index (κ2) is 6.33. The number of nitro groups is 1. The van der Waals surface area contributed by atoms with Crippen molar-refractivity contribution in [1.82, 2.24) is 10.1 Å². The second-order valence-electron chi connectivity index (χ2n) is 5.48. The number of anilines is 1.